The molecule has 88 valence electrons. The van der Waals surface area contributed by atoms with E-state index in [4.69, 9.17) is 15.4 Å². The average molecular weight is 225 g/mol. The molecule has 0 aliphatic heterocycles. The van der Waals surface area contributed by atoms with Gasteiger partial charge in [-0.25, -0.2) is 0 Å². The first-order chi connectivity index (χ1) is 7.69. The Morgan fingerprint density at radius 1 is 1.75 bits per heavy atom. The Bertz CT molecular complexity index is 359. The summed E-state index contributed by atoms with van der Waals surface area (Å²) in [5.41, 5.74) is 6.26. The first-order valence-electron chi connectivity index (χ1n) is 4.95. The van der Waals surface area contributed by atoms with E-state index in [0.717, 1.165) is 5.56 Å². The molecule has 0 aliphatic carbocycles. The van der Waals surface area contributed by atoms with E-state index in [1.807, 2.05) is 0 Å². The number of hydrogen-bond acceptors (Lipinski definition) is 4. The van der Waals surface area contributed by atoms with Gasteiger partial charge in [-0.15, -0.1) is 0 Å². The molecule has 0 saturated heterocycles. The second-order valence-electron chi connectivity index (χ2n) is 3.34. The third-order valence-corrected chi connectivity index (χ3v) is 2.24. The maximum atomic E-state index is 11.7. The van der Waals surface area contributed by atoms with Crippen molar-refractivity contribution in [1.29, 1.82) is 0 Å². The average Bonchev–Trinajstić information content (AvgIpc) is 2.79. The van der Waals surface area contributed by atoms with Crippen LogP contribution in [0.5, 0.6) is 0 Å². The zero-order valence-electron chi connectivity index (χ0n) is 9.01. The third-order valence-electron chi connectivity index (χ3n) is 2.24. The van der Waals surface area contributed by atoms with Gasteiger partial charge in [-0.2, -0.15) is 0 Å². The van der Waals surface area contributed by atoms with Gasteiger partial charge in [-0.3, -0.25) is 4.79 Å². The smallest absolute Gasteiger partial charge is 0.231 e. The van der Waals surface area contributed by atoms with Crippen molar-refractivity contribution in [2.45, 2.75) is 19.9 Å². The van der Waals surface area contributed by atoms with Gasteiger partial charge in [0.15, 0.2) is 5.84 Å². The first-order valence-corrected chi connectivity index (χ1v) is 4.95. The van der Waals surface area contributed by atoms with Crippen LogP contribution in [0.15, 0.2) is 28.2 Å². The summed E-state index contributed by atoms with van der Waals surface area (Å²) in [4.78, 5) is 11.7. The minimum absolute atomic E-state index is 0.0767. The van der Waals surface area contributed by atoms with Gasteiger partial charge in [0, 0.05) is 12.1 Å². The van der Waals surface area contributed by atoms with Crippen molar-refractivity contribution in [2.75, 3.05) is 0 Å². The molecule has 1 atom stereocenters. The van der Waals surface area contributed by atoms with Crippen molar-refractivity contribution < 1.29 is 14.4 Å². The van der Waals surface area contributed by atoms with Crippen molar-refractivity contribution in [3.05, 3.63) is 24.2 Å². The quantitative estimate of drug-likeness (QED) is 0.296. The zero-order valence-corrected chi connectivity index (χ0v) is 9.01. The third kappa shape index (κ3) is 3.01. The molecule has 6 nitrogen and oxygen atoms in total. The van der Waals surface area contributed by atoms with E-state index >= 15 is 0 Å². The highest BCUT2D eigenvalue weighted by atomic mass is 16.4. The highest BCUT2D eigenvalue weighted by Crippen LogP contribution is 2.04. The second kappa shape index (κ2) is 5.79. The lowest BCUT2D eigenvalue weighted by Crippen LogP contribution is -2.38. The Kier molecular flexibility index (Phi) is 4.38. The number of rotatable bonds is 5. The Labute approximate surface area is 93.1 Å². The monoisotopic (exact) mass is 225 g/mol. The number of furan rings is 1. The number of nitrogens with two attached hydrogens (primary N) is 1. The van der Waals surface area contributed by atoms with Crippen LogP contribution < -0.4 is 11.1 Å². The zero-order chi connectivity index (χ0) is 12.0. The van der Waals surface area contributed by atoms with Crippen LogP contribution in [0.2, 0.25) is 0 Å². The largest absolute Gasteiger partial charge is 0.472 e. The number of carbonyl (C=O) groups is 1. The minimum atomic E-state index is -0.600. The summed E-state index contributed by atoms with van der Waals surface area (Å²) in [6.07, 6.45) is 3.56. The van der Waals surface area contributed by atoms with Crippen LogP contribution in [0.4, 0.5) is 0 Å². The van der Waals surface area contributed by atoms with Gasteiger partial charge in [0.1, 0.15) is 0 Å². The molecule has 1 rings (SSSR count). The molecule has 6 heteroatoms. The summed E-state index contributed by atoms with van der Waals surface area (Å²) in [6, 6.07) is 1.75. The SMILES string of the molecule is CCC(C(=O)NCc1ccoc1)/C(N)=N/O. The molecule has 1 aromatic heterocycles. The van der Waals surface area contributed by atoms with Crippen LogP contribution in [-0.2, 0) is 11.3 Å². The lowest BCUT2D eigenvalue weighted by Gasteiger charge is -2.12. The molecule has 0 fully saturated rings. The van der Waals surface area contributed by atoms with E-state index in [2.05, 4.69) is 10.5 Å². The number of amides is 1. The van der Waals surface area contributed by atoms with E-state index in [0.29, 0.717) is 13.0 Å². The van der Waals surface area contributed by atoms with Gasteiger partial charge in [0.2, 0.25) is 5.91 Å². The first kappa shape index (κ1) is 12.1. The number of amidine groups is 1. The summed E-state index contributed by atoms with van der Waals surface area (Å²) in [5, 5.41) is 14.0. The van der Waals surface area contributed by atoms with E-state index in [1.165, 1.54) is 6.26 Å². The molecule has 4 N–H and O–H groups in total. The van der Waals surface area contributed by atoms with Crippen LogP contribution >= 0.6 is 0 Å². The fraction of sp³-hybridized carbons (Fsp3) is 0.400. The van der Waals surface area contributed by atoms with Gasteiger partial charge in [0.25, 0.3) is 0 Å². The van der Waals surface area contributed by atoms with Crippen molar-refractivity contribution in [3.8, 4) is 0 Å². The van der Waals surface area contributed by atoms with Gasteiger partial charge in [0.05, 0.1) is 18.4 Å². The Morgan fingerprint density at radius 3 is 3.00 bits per heavy atom. The predicted octanol–water partition coefficient (Wildman–Crippen LogP) is 0.668. The van der Waals surface area contributed by atoms with Crippen LogP contribution in [-0.4, -0.2) is 17.0 Å². The Hall–Kier alpha value is -1.98. The molecule has 0 radical (unpaired) electrons. The number of hydrogen-bond donors (Lipinski definition) is 3. The number of carbonyl (C=O) groups excluding carboxylic acids is 1. The molecule has 1 amide bonds. The van der Waals surface area contributed by atoms with Crippen molar-refractivity contribution in [2.24, 2.45) is 16.8 Å². The highest BCUT2D eigenvalue weighted by Gasteiger charge is 2.20. The van der Waals surface area contributed by atoms with Crippen LogP contribution in [0, 0.1) is 5.92 Å². The summed E-state index contributed by atoms with van der Waals surface area (Å²) in [6.45, 7) is 2.16. The molecule has 0 saturated carbocycles. The lowest BCUT2D eigenvalue weighted by molar-refractivity contribution is -0.123. The number of oxime groups is 1. The van der Waals surface area contributed by atoms with Gasteiger partial charge in [-0.05, 0) is 12.5 Å². The molecule has 16 heavy (non-hydrogen) atoms. The van der Waals surface area contributed by atoms with Crippen molar-refractivity contribution in [1.82, 2.24) is 5.32 Å². The summed E-state index contributed by atoms with van der Waals surface area (Å²) in [5.74, 6) is -0.942. The van der Waals surface area contributed by atoms with Crippen LogP contribution in [0.25, 0.3) is 0 Å². The number of nitrogens with one attached hydrogen (secondary N) is 1. The highest BCUT2D eigenvalue weighted by molar-refractivity contribution is 6.01. The fourth-order valence-corrected chi connectivity index (χ4v) is 1.30. The molecule has 0 spiro atoms. The van der Waals surface area contributed by atoms with E-state index in [1.54, 1.807) is 19.3 Å². The maximum Gasteiger partial charge on any atom is 0.231 e. The topological polar surface area (TPSA) is 101 Å². The maximum absolute atomic E-state index is 11.7. The van der Waals surface area contributed by atoms with Gasteiger partial charge < -0.3 is 20.7 Å². The molecule has 0 bridgehead atoms. The van der Waals surface area contributed by atoms with E-state index in [-0.39, 0.29) is 11.7 Å². The van der Waals surface area contributed by atoms with E-state index < -0.39 is 5.92 Å². The Balaban J connectivity index is 2.50. The normalized spacial score (nSPS) is 13.4. The Morgan fingerprint density at radius 2 is 2.50 bits per heavy atom. The fourth-order valence-electron chi connectivity index (χ4n) is 1.30. The van der Waals surface area contributed by atoms with Gasteiger partial charge >= 0.3 is 0 Å². The molecular weight excluding hydrogens is 210 g/mol. The van der Waals surface area contributed by atoms with E-state index in [9.17, 15) is 4.79 Å². The minimum Gasteiger partial charge on any atom is -0.472 e. The van der Waals surface area contributed by atoms with Crippen LogP contribution in [0.1, 0.15) is 18.9 Å². The molecule has 0 aliphatic rings. The number of nitrogens with zero attached hydrogens (tertiary/aromatic N) is 1. The van der Waals surface area contributed by atoms with Crippen LogP contribution in [0.3, 0.4) is 0 Å². The van der Waals surface area contributed by atoms with Gasteiger partial charge in [-0.1, -0.05) is 12.1 Å². The predicted molar refractivity (Wildman–Crippen MR) is 57.7 cm³/mol. The molecular formula is C10H15N3O3. The standard InChI is InChI=1S/C10H15N3O3/c1-2-8(9(11)13-15)10(14)12-5-7-3-4-16-6-7/h3-4,6,8,15H,2,5H2,1H3,(H2,11,13)(H,12,14). The van der Waals surface area contributed by atoms with Crippen molar-refractivity contribution >= 4 is 11.7 Å². The lowest BCUT2D eigenvalue weighted by atomic mass is 10.0. The second-order valence-corrected chi connectivity index (χ2v) is 3.34. The molecule has 0 aromatic carbocycles. The molecule has 1 unspecified atom stereocenters. The molecule has 1 aromatic rings. The summed E-state index contributed by atoms with van der Waals surface area (Å²) >= 11 is 0. The van der Waals surface area contributed by atoms with Crippen molar-refractivity contribution in [3.63, 3.8) is 0 Å². The molecule has 1 heterocycles. The summed E-state index contributed by atoms with van der Waals surface area (Å²) < 4.78 is 4.86. The summed E-state index contributed by atoms with van der Waals surface area (Å²) in [7, 11) is 0.